The molecule has 2 fully saturated rings. The van der Waals surface area contributed by atoms with Gasteiger partial charge in [-0.3, -0.25) is 4.79 Å². The molecule has 2 atom stereocenters. The predicted octanol–water partition coefficient (Wildman–Crippen LogP) is 1.19. The number of halogens is 1. The zero-order chi connectivity index (χ0) is 11.8. The molecule has 6 heteroatoms. The lowest BCUT2D eigenvalue weighted by Crippen LogP contribution is -2.42. The Kier molecular flexibility index (Phi) is 2.92. The Bertz CT molecular complexity index is 464. The number of ether oxygens (including phenoxy) is 1. The highest BCUT2D eigenvalue weighted by molar-refractivity contribution is 9.10. The van der Waals surface area contributed by atoms with E-state index in [0.717, 1.165) is 12.8 Å². The van der Waals surface area contributed by atoms with Crippen molar-refractivity contribution in [3.05, 3.63) is 21.2 Å². The fourth-order valence-corrected chi connectivity index (χ4v) is 3.02. The zero-order valence-electron chi connectivity index (χ0n) is 9.28. The third kappa shape index (κ3) is 2.24. The van der Waals surface area contributed by atoms with Gasteiger partial charge >= 0.3 is 0 Å². The highest BCUT2D eigenvalue weighted by atomic mass is 79.9. The Hall–Kier alpha value is -0.880. The van der Waals surface area contributed by atoms with Crippen LogP contribution in [0.15, 0.2) is 15.6 Å². The van der Waals surface area contributed by atoms with Crippen LogP contribution in [-0.2, 0) is 0 Å². The van der Waals surface area contributed by atoms with Crippen LogP contribution in [0.1, 0.15) is 25.7 Å². The molecule has 0 amide bonds. The molecule has 2 bridgehead atoms. The molecule has 2 aliphatic rings. The second kappa shape index (κ2) is 4.42. The normalized spacial score (nSPS) is 31.5. The summed E-state index contributed by atoms with van der Waals surface area (Å²) in [7, 11) is 0. The predicted molar refractivity (Wildman–Crippen MR) is 66.2 cm³/mol. The quantitative estimate of drug-likeness (QED) is 0.861. The molecule has 2 aliphatic heterocycles. The van der Waals surface area contributed by atoms with E-state index in [4.69, 9.17) is 4.74 Å². The SMILES string of the molecule is O=c1[nH]cnc(OC2CC3CCC(C2)N3)c1Br. The van der Waals surface area contributed by atoms with Crippen LogP contribution in [0.5, 0.6) is 5.88 Å². The molecule has 3 heterocycles. The number of fused-ring (bicyclic) bond motifs is 2. The Morgan fingerprint density at radius 3 is 2.76 bits per heavy atom. The molecule has 3 rings (SSSR count). The monoisotopic (exact) mass is 299 g/mol. The minimum atomic E-state index is -0.202. The Labute approximate surface area is 107 Å². The van der Waals surface area contributed by atoms with Gasteiger partial charge in [0.1, 0.15) is 10.6 Å². The second-order valence-corrected chi connectivity index (χ2v) is 5.49. The van der Waals surface area contributed by atoms with Crippen LogP contribution < -0.4 is 15.6 Å². The van der Waals surface area contributed by atoms with Crippen LogP contribution in [-0.4, -0.2) is 28.2 Å². The number of rotatable bonds is 2. The lowest BCUT2D eigenvalue weighted by Gasteiger charge is -2.29. The van der Waals surface area contributed by atoms with E-state index in [9.17, 15) is 4.79 Å². The number of nitrogens with zero attached hydrogens (tertiary/aromatic N) is 1. The van der Waals surface area contributed by atoms with Gasteiger partial charge in [-0.2, -0.15) is 0 Å². The number of hydrogen-bond acceptors (Lipinski definition) is 4. The van der Waals surface area contributed by atoms with Crippen LogP contribution in [0.2, 0.25) is 0 Å². The first kappa shape index (κ1) is 11.2. The van der Waals surface area contributed by atoms with Gasteiger partial charge in [0.15, 0.2) is 0 Å². The Morgan fingerprint density at radius 2 is 2.06 bits per heavy atom. The van der Waals surface area contributed by atoms with E-state index in [2.05, 4.69) is 31.2 Å². The van der Waals surface area contributed by atoms with Crippen molar-refractivity contribution in [2.75, 3.05) is 0 Å². The van der Waals surface area contributed by atoms with Crippen molar-refractivity contribution in [1.82, 2.24) is 15.3 Å². The van der Waals surface area contributed by atoms with Gasteiger partial charge in [0.2, 0.25) is 5.88 Å². The maximum atomic E-state index is 11.4. The second-order valence-electron chi connectivity index (χ2n) is 4.70. The van der Waals surface area contributed by atoms with E-state index in [1.165, 1.54) is 19.2 Å². The largest absolute Gasteiger partial charge is 0.473 e. The molecule has 92 valence electrons. The summed E-state index contributed by atoms with van der Waals surface area (Å²) in [5.41, 5.74) is -0.202. The van der Waals surface area contributed by atoms with Gasteiger partial charge in [0.05, 0.1) is 6.33 Å². The first-order valence-corrected chi connectivity index (χ1v) is 6.67. The molecule has 2 unspecified atom stereocenters. The lowest BCUT2D eigenvalue weighted by molar-refractivity contribution is 0.130. The van der Waals surface area contributed by atoms with E-state index in [1.54, 1.807) is 0 Å². The average Bonchev–Trinajstić information content (AvgIpc) is 2.65. The summed E-state index contributed by atoms with van der Waals surface area (Å²) < 4.78 is 6.21. The molecule has 0 aliphatic carbocycles. The number of aromatic amines is 1. The fourth-order valence-electron chi connectivity index (χ4n) is 2.71. The van der Waals surface area contributed by atoms with Crippen LogP contribution >= 0.6 is 15.9 Å². The molecule has 0 radical (unpaired) electrons. The fraction of sp³-hybridized carbons (Fsp3) is 0.636. The molecule has 2 saturated heterocycles. The first-order chi connectivity index (χ1) is 8.22. The first-order valence-electron chi connectivity index (χ1n) is 5.88. The smallest absolute Gasteiger partial charge is 0.268 e. The molecule has 17 heavy (non-hydrogen) atoms. The summed E-state index contributed by atoms with van der Waals surface area (Å²) in [6.07, 6.45) is 6.00. The number of piperidine rings is 1. The molecule has 0 spiro atoms. The third-order valence-corrected chi connectivity index (χ3v) is 4.17. The summed E-state index contributed by atoms with van der Waals surface area (Å²) in [5.74, 6) is 0.403. The standard InChI is InChI=1S/C11H14BrN3O2/c12-9-10(16)13-5-14-11(9)17-8-3-6-1-2-7(4-8)15-6/h5-8,15H,1-4H2,(H,13,14,16). The van der Waals surface area contributed by atoms with Crippen molar-refractivity contribution < 1.29 is 4.74 Å². The van der Waals surface area contributed by atoms with E-state index in [-0.39, 0.29) is 11.7 Å². The molecule has 1 aromatic rings. The summed E-state index contributed by atoms with van der Waals surface area (Å²) in [4.78, 5) is 17.9. The molecule has 2 N–H and O–H groups in total. The van der Waals surface area contributed by atoms with Gasteiger partial charge in [-0.05, 0) is 41.6 Å². The summed E-state index contributed by atoms with van der Waals surface area (Å²) >= 11 is 3.21. The van der Waals surface area contributed by atoms with E-state index in [0.29, 0.717) is 22.4 Å². The van der Waals surface area contributed by atoms with Crippen molar-refractivity contribution in [1.29, 1.82) is 0 Å². The van der Waals surface area contributed by atoms with Crippen molar-refractivity contribution >= 4 is 15.9 Å². The van der Waals surface area contributed by atoms with Gasteiger partial charge in [0, 0.05) is 12.1 Å². The van der Waals surface area contributed by atoms with Crippen LogP contribution in [0.25, 0.3) is 0 Å². The van der Waals surface area contributed by atoms with Gasteiger partial charge in [-0.15, -0.1) is 0 Å². The minimum absolute atomic E-state index is 0.166. The van der Waals surface area contributed by atoms with E-state index >= 15 is 0 Å². The summed E-state index contributed by atoms with van der Waals surface area (Å²) in [6.45, 7) is 0. The highest BCUT2D eigenvalue weighted by Crippen LogP contribution is 2.30. The van der Waals surface area contributed by atoms with Gasteiger partial charge in [0.25, 0.3) is 5.56 Å². The van der Waals surface area contributed by atoms with Crippen LogP contribution in [0, 0.1) is 0 Å². The minimum Gasteiger partial charge on any atom is -0.473 e. The van der Waals surface area contributed by atoms with Crippen molar-refractivity contribution in [2.24, 2.45) is 0 Å². The Morgan fingerprint density at radius 1 is 1.35 bits per heavy atom. The molecular formula is C11H14BrN3O2. The van der Waals surface area contributed by atoms with Crippen molar-refractivity contribution in [3.8, 4) is 5.88 Å². The lowest BCUT2D eigenvalue weighted by atomic mass is 10.0. The molecule has 1 aromatic heterocycles. The van der Waals surface area contributed by atoms with E-state index in [1.807, 2.05) is 0 Å². The van der Waals surface area contributed by atoms with Crippen LogP contribution in [0.3, 0.4) is 0 Å². The number of H-pyrrole nitrogens is 1. The van der Waals surface area contributed by atoms with Gasteiger partial charge in [-0.25, -0.2) is 4.98 Å². The van der Waals surface area contributed by atoms with Crippen molar-refractivity contribution in [3.63, 3.8) is 0 Å². The maximum Gasteiger partial charge on any atom is 0.268 e. The molecule has 0 aromatic carbocycles. The highest BCUT2D eigenvalue weighted by Gasteiger charge is 2.34. The zero-order valence-corrected chi connectivity index (χ0v) is 10.9. The number of nitrogens with one attached hydrogen (secondary N) is 2. The van der Waals surface area contributed by atoms with Crippen LogP contribution in [0.4, 0.5) is 0 Å². The number of hydrogen-bond donors (Lipinski definition) is 2. The summed E-state index contributed by atoms with van der Waals surface area (Å²) in [5, 5.41) is 3.55. The van der Waals surface area contributed by atoms with Gasteiger partial charge in [-0.1, -0.05) is 0 Å². The van der Waals surface area contributed by atoms with Crippen molar-refractivity contribution in [2.45, 2.75) is 43.9 Å². The topological polar surface area (TPSA) is 67.0 Å². The Balaban J connectivity index is 1.75. The maximum absolute atomic E-state index is 11.4. The molecular weight excluding hydrogens is 286 g/mol. The average molecular weight is 300 g/mol. The molecule has 5 nitrogen and oxygen atoms in total. The van der Waals surface area contributed by atoms with E-state index < -0.39 is 0 Å². The molecule has 0 saturated carbocycles. The third-order valence-electron chi connectivity index (χ3n) is 3.47. The summed E-state index contributed by atoms with van der Waals surface area (Å²) in [6, 6.07) is 1.14. The number of aromatic nitrogens is 2. The van der Waals surface area contributed by atoms with Gasteiger partial charge < -0.3 is 15.0 Å².